The lowest BCUT2D eigenvalue weighted by molar-refractivity contribution is -0.151. The van der Waals surface area contributed by atoms with Crippen LogP contribution in [0, 0.1) is 5.41 Å². The van der Waals surface area contributed by atoms with Crippen molar-refractivity contribution in [3.63, 3.8) is 0 Å². The summed E-state index contributed by atoms with van der Waals surface area (Å²) in [6.07, 6.45) is 5.22. The molecule has 0 heterocycles. The lowest BCUT2D eigenvalue weighted by Gasteiger charge is -2.51. The first-order valence-corrected chi connectivity index (χ1v) is 16.5. The molecule has 3 unspecified atom stereocenters. The number of carboxylic acid groups (broad SMARTS) is 4. The molecule has 3 atom stereocenters. The molecular weight excluding hydrogens is 642 g/mol. The molecule has 49 heavy (non-hydrogen) atoms. The first-order chi connectivity index (χ1) is 23.1. The monoisotopic (exact) mass is 695 g/mol. The third-order valence-corrected chi connectivity index (χ3v) is 8.77. The van der Waals surface area contributed by atoms with Crippen LogP contribution < -0.4 is 21.7 Å². The molecule has 0 aliphatic rings. The predicted octanol–water partition coefficient (Wildman–Crippen LogP) is 1.56. The topological polar surface area (TPSA) is 263 Å². The molecule has 1 aromatic rings. The van der Waals surface area contributed by atoms with Crippen LogP contribution in [0.5, 0.6) is 5.75 Å². The van der Waals surface area contributed by atoms with Crippen molar-refractivity contribution >= 4 is 35.6 Å². The number of hydrogen-bond acceptors (Lipinski definition) is 11. The van der Waals surface area contributed by atoms with Gasteiger partial charge in [-0.05, 0) is 37.9 Å². The first-order valence-electron chi connectivity index (χ1n) is 16.5. The van der Waals surface area contributed by atoms with Crippen LogP contribution in [-0.2, 0) is 28.8 Å². The summed E-state index contributed by atoms with van der Waals surface area (Å²) < 4.78 is 5.68. The molecule has 0 bridgehead atoms. The van der Waals surface area contributed by atoms with E-state index >= 15 is 0 Å². The lowest BCUT2D eigenvalue weighted by Crippen LogP contribution is -2.74. The minimum Gasteiger partial charge on any atom is -0.486 e. The largest absolute Gasteiger partial charge is 0.486 e. The molecule has 16 heteroatoms. The third-order valence-electron chi connectivity index (χ3n) is 8.77. The Labute approximate surface area is 286 Å². The van der Waals surface area contributed by atoms with Gasteiger partial charge < -0.3 is 30.9 Å². The van der Waals surface area contributed by atoms with Crippen LogP contribution >= 0.6 is 0 Å². The summed E-state index contributed by atoms with van der Waals surface area (Å²) in [5.41, 5.74) is 4.82. The van der Waals surface area contributed by atoms with E-state index in [4.69, 9.17) is 26.5 Å². The average molecular weight is 696 g/mol. The molecule has 0 fully saturated rings. The number of hydrazine groups is 1. The van der Waals surface area contributed by atoms with Crippen molar-refractivity contribution in [2.75, 3.05) is 39.3 Å². The maximum absolute atomic E-state index is 14.1. The Morgan fingerprint density at radius 3 is 1.84 bits per heavy atom. The van der Waals surface area contributed by atoms with E-state index in [1.807, 2.05) is 12.3 Å². The highest BCUT2D eigenvalue weighted by Crippen LogP contribution is 2.44. The van der Waals surface area contributed by atoms with Gasteiger partial charge in [0.25, 0.3) is 5.91 Å². The summed E-state index contributed by atoms with van der Waals surface area (Å²) in [4.78, 5) is 76.8. The molecule has 0 aromatic heterocycles. The smallest absolute Gasteiger partial charge is 0.317 e. The molecule has 9 N–H and O–H groups in total. The van der Waals surface area contributed by atoms with Gasteiger partial charge in [-0.15, -0.1) is 0 Å². The molecule has 0 saturated carbocycles. The highest BCUT2D eigenvalue weighted by molar-refractivity contribution is 6.12. The number of carbonyl (C=O) groups is 6. The van der Waals surface area contributed by atoms with Gasteiger partial charge in [0.1, 0.15) is 12.4 Å². The second kappa shape index (κ2) is 21.8. The highest BCUT2D eigenvalue weighted by atomic mass is 16.5. The summed E-state index contributed by atoms with van der Waals surface area (Å²) in [7, 11) is 0. The van der Waals surface area contributed by atoms with Gasteiger partial charge in [-0.25, -0.2) is 5.84 Å². The van der Waals surface area contributed by atoms with E-state index in [-0.39, 0.29) is 25.8 Å². The zero-order valence-corrected chi connectivity index (χ0v) is 28.5. The van der Waals surface area contributed by atoms with Crippen LogP contribution in [0.15, 0.2) is 30.3 Å². The Morgan fingerprint density at radius 1 is 0.796 bits per heavy atom. The Hall–Kier alpha value is -4.12. The lowest BCUT2D eigenvalue weighted by atomic mass is 9.60. The molecular formula is C33H53N5O11. The van der Waals surface area contributed by atoms with E-state index in [0.29, 0.717) is 25.0 Å². The summed E-state index contributed by atoms with van der Waals surface area (Å²) in [5.74, 6) is -1.01. The molecule has 1 aromatic carbocycles. The fourth-order valence-electron chi connectivity index (χ4n) is 6.29. The normalized spacial score (nSPS) is 14.4. The number of Topliss-reactive ketones (excluding diaryl/α,β-unsaturated/α-hetero) is 1. The second-order valence-corrected chi connectivity index (χ2v) is 12.4. The summed E-state index contributed by atoms with van der Waals surface area (Å²) in [5, 5.41) is 38.0. The number of para-hydroxylation sites is 1. The molecule has 1 amide bonds. The van der Waals surface area contributed by atoms with E-state index in [2.05, 4.69) is 0 Å². The van der Waals surface area contributed by atoms with Crippen molar-refractivity contribution in [1.82, 2.24) is 15.2 Å². The maximum atomic E-state index is 14.1. The summed E-state index contributed by atoms with van der Waals surface area (Å²) in [6.45, 7) is 0.680. The number of amides is 1. The van der Waals surface area contributed by atoms with Crippen LogP contribution in [0.4, 0.5) is 0 Å². The number of nitrogens with two attached hydrogens (primary N) is 2. The molecule has 0 aliphatic heterocycles. The van der Waals surface area contributed by atoms with Gasteiger partial charge in [-0.1, -0.05) is 77.0 Å². The van der Waals surface area contributed by atoms with Gasteiger partial charge in [-0.2, -0.15) is 0 Å². The quantitative estimate of drug-likeness (QED) is 0.0216. The van der Waals surface area contributed by atoms with Crippen molar-refractivity contribution in [2.45, 2.75) is 89.6 Å². The number of unbranched alkanes of at least 4 members (excludes halogenated alkanes) is 6. The minimum atomic E-state index is -2.43. The number of benzene rings is 1. The Bertz CT molecular complexity index is 1200. The zero-order valence-electron chi connectivity index (χ0n) is 28.5. The zero-order chi connectivity index (χ0) is 37.0. The molecule has 0 saturated heterocycles. The van der Waals surface area contributed by atoms with E-state index in [1.54, 1.807) is 37.3 Å². The van der Waals surface area contributed by atoms with Crippen LogP contribution in [-0.4, -0.2) is 117 Å². The SMILES string of the molecule is CCCCCCCC(N(CC(=O)O)CC(=O)O)C(C)(CCCCCN(CC(=O)O)CC(=O)O)C(N)(C(=O)COc1ccccc1)C(=O)NN. The standard InChI is InChI=1S/C33H53N5O11/c1-3-4-5-6-11-16-25(38(21-29(44)45)22-30(46)47)32(2,17-12-8-13-18-37(19-27(40)41)20-28(42)43)33(34,31(48)36-35)26(39)23-49-24-14-9-7-10-15-24/h7,9-10,14-15,25H,3-6,8,11-13,16-23,34-35H2,1-2H3,(H,36,48)(H,40,41)(H,42,43)(H,44,45)(H,46,47). The fourth-order valence-corrected chi connectivity index (χ4v) is 6.29. The van der Waals surface area contributed by atoms with Crippen molar-refractivity contribution in [3.8, 4) is 5.75 Å². The summed E-state index contributed by atoms with van der Waals surface area (Å²) in [6, 6.07) is 7.31. The predicted molar refractivity (Wildman–Crippen MR) is 178 cm³/mol. The summed E-state index contributed by atoms with van der Waals surface area (Å²) >= 11 is 0. The number of carbonyl (C=O) groups excluding carboxylic acids is 2. The van der Waals surface area contributed by atoms with Gasteiger partial charge in [0.2, 0.25) is 0 Å². The van der Waals surface area contributed by atoms with E-state index in [9.17, 15) is 39.0 Å². The number of aliphatic carboxylic acids is 4. The molecule has 276 valence electrons. The van der Waals surface area contributed by atoms with Crippen LogP contribution in [0.2, 0.25) is 0 Å². The molecule has 0 aliphatic carbocycles. The number of nitrogens with zero attached hydrogens (tertiary/aromatic N) is 2. The number of nitrogens with one attached hydrogen (secondary N) is 1. The number of ether oxygens (including phenoxy) is 1. The molecule has 16 nitrogen and oxygen atoms in total. The van der Waals surface area contributed by atoms with Crippen LogP contribution in [0.1, 0.15) is 78.1 Å². The Morgan fingerprint density at radius 2 is 1.33 bits per heavy atom. The minimum absolute atomic E-state index is 0.0151. The fraction of sp³-hybridized carbons (Fsp3) is 0.636. The molecule has 1 rings (SSSR count). The van der Waals surface area contributed by atoms with Gasteiger partial charge in [-0.3, -0.25) is 44.0 Å². The van der Waals surface area contributed by atoms with Crippen molar-refractivity contribution in [2.24, 2.45) is 17.0 Å². The second-order valence-electron chi connectivity index (χ2n) is 12.4. The number of carboxylic acids is 4. The first kappa shape index (κ1) is 42.9. The van der Waals surface area contributed by atoms with Gasteiger partial charge in [0, 0.05) is 11.5 Å². The van der Waals surface area contributed by atoms with Gasteiger partial charge in [0.15, 0.2) is 11.3 Å². The van der Waals surface area contributed by atoms with Crippen molar-refractivity contribution in [3.05, 3.63) is 30.3 Å². The van der Waals surface area contributed by atoms with Crippen molar-refractivity contribution in [1.29, 1.82) is 0 Å². The van der Waals surface area contributed by atoms with Crippen LogP contribution in [0.25, 0.3) is 0 Å². The molecule has 0 radical (unpaired) electrons. The maximum Gasteiger partial charge on any atom is 0.317 e. The van der Waals surface area contributed by atoms with Crippen LogP contribution in [0.3, 0.4) is 0 Å². The number of ketones is 1. The highest BCUT2D eigenvalue weighted by Gasteiger charge is 2.60. The Balaban J connectivity index is 3.65. The Kier molecular flexibility index (Phi) is 19.1. The van der Waals surface area contributed by atoms with E-state index in [1.165, 1.54) is 9.80 Å². The number of hydrogen-bond donors (Lipinski definition) is 7. The van der Waals surface area contributed by atoms with Gasteiger partial charge >= 0.3 is 23.9 Å². The van der Waals surface area contributed by atoms with E-state index in [0.717, 1.165) is 25.7 Å². The van der Waals surface area contributed by atoms with Crippen molar-refractivity contribution < 1.29 is 53.9 Å². The molecule has 0 spiro atoms. The third kappa shape index (κ3) is 14.1. The average Bonchev–Trinajstić information content (AvgIpc) is 3.03. The van der Waals surface area contributed by atoms with E-state index < -0.39 is 85.3 Å². The number of rotatable bonds is 28. The van der Waals surface area contributed by atoms with Gasteiger partial charge in [0.05, 0.1) is 26.2 Å².